The van der Waals surface area contributed by atoms with Crippen LogP contribution in [-0.4, -0.2) is 36.2 Å². The number of hydrogen-bond donors (Lipinski definition) is 2. The van der Waals surface area contributed by atoms with Crippen LogP contribution in [-0.2, 0) is 19.6 Å². The van der Waals surface area contributed by atoms with Crippen LogP contribution in [0.1, 0.15) is 19.8 Å². The third-order valence-electron chi connectivity index (χ3n) is 2.78. The summed E-state index contributed by atoms with van der Waals surface area (Å²) in [5, 5.41) is 19.5. The molecule has 1 aromatic carbocycles. The van der Waals surface area contributed by atoms with E-state index in [-0.39, 0.29) is 17.0 Å². The highest BCUT2D eigenvalue weighted by Gasteiger charge is 2.27. The average molecular weight is 330 g/mol. The number of nitro benzene ring substituents is 1. The van der Waals surface area contributed by atoms with Gasteiger partial charge in [-0.15, -0.1) is 0 Å². The lowest BCUT2D eigenvalue weighted by molar-refractivity contribution is -0.384. The van der Waals surface area contributed by atoms with E-state index in [9.17, 15) is 28.1 Å². The Hall–Kier alpha value is -2.33. The lowest BCUT2D eigenvalue weighted by atomic mass is 10.1. The van der Waals surface area contributed by atoms with Crippen LogP contribution >= 0.6 is 0 Å². The van der Waals surface area contributed by atoms with E-state index in [0.29, 0.717) is 0 Å². The molecule has 0 saturated carbocycles. The molecule has 1 unspecified atom stereocenters. The first-order valence-corrected chi connectivity index (χ1v) is 7.67. The molecule has 1 rings (SSSR count). The molecule has 2 N–H and O–H groups in total. The van der Waals surface area contributed by atoms with Crippen LogP contribution < -0.4 is 4.72 Å². The summed E-state index contributed by atoms with van der Waals surface area (Å²) in [4.78, 5) is 31.8. The second-order valence-electron chi connectivity index (χ2n) is 4.36. The molecule has 0 saturated heterocycles. The smallest absolute Gasteiger partial charge is 0.322 e. The molecule has 1 aromatic rings. The Kier molecular flexibility index (Phi) is 5.71. The quantitative estimate of drug-likeness (QED) is 0.527. The topological polar surface area (TPSA) is 144 Å². The zero-order valence-corrected chi connectivity index (χ0v) is 12.4. The molecule has 0 bridgehead atoms. The van der Waals surface area contributed by atoms with Crippen molar-refractivity contribution in [2.75, 3.05) is 0 Å². The SMILES string of the molecule is CCC(=O)CC(NS(=O)(=O)c1ccc([N+](=O)[O-])cc1)C(=O)O. The molecule has 0 aliphatic heterocycles. The van der Waals surface area contributed by atoms with Crippen LogP contribution in [0.5, 0.6) is 0 Å². The maximum absolute atomic E-state index is 12.0. The lowest BCUT2D eigenvalue weighted by Crippen LogP contribution is -2.42. The van der Waals surface area contributed by atoms with E-state index < -0.39 is 39.2 Å². The molecular weight excluding hydrogens is 316 g/mol. The van der Waals surface area contributed by atoms with Crippen molar-refractivity contribution in [1.29, 1.82) is 0 Å². The summed E-state index contributed by atoms with van der Waals surface area (Å²) in [6.45, 7) is 1.53. The minimum atomic E-state index is -4.21. The van der Waals surface area contributed by atoms with Crippen LogP contribution in [0.4, 0.5) is 5.69 Å². The summed E-state index contributed by atoms with van der Waals surface area (Å²) in [5.41, 5.74) is -0.296. The van der Waals surface area contributed by atoms with Crippen LogP contribution in [0.15, 0.2) is 29.2 Å². The Balaban J connectivity index is 2.99. The zero-order chi connectivity index (χ0) is 16.9. The van der Waals surface area contributed by atoms with Gasteiger partial charge in [-0.1, -0.05) is 6.92 Å². The number of hydrogen-bond acceptors (Lipinski definition) is 6. The maximum atomic E-state index is 12.0. The molecule has 9 nitrogen and oxygen atoms in total. The molecule has 0 spiro atoms. The van der Waals surface area contributed by atoms with Crippen molar-refractivity contribution in [3.63, 3.8) is 0 Å². The van der Waals surface area contributed by atoms with Crippen molar-refractivity contribution in [3.8, 4) is 0 Å². The second-order valence-corrected chi connectivity index (χ2v) is 6.07. The first-order valence-electron chi connectivity index (χ1n) is 6.18. The van der Waals surface area contributed by atoms with Gasteiger partial charge >= 0.3 is 5.97 Å². The Morgan fingerprint density at radius 1 is 1.32 bits per heavy atom. The normalized spacial score (nSPS) is 12.6. The molecule has 0 fully saturated rings. The number of non-ortho nitro benzene ring substituents is 1. The number of ketones is 1. The zero-order valence-electron chi connectivity index (χ0n) is 11.6. The monoisotopic (exact) mass is 330 g/mol. The standard InChI is InChI=1S/C12H14N2O7S/c1-2-9(15)7-11(12(16)17)13-22(20,21)10-5-3-8(4-6-10)14(18)19/h3-6,11,13H,2,7H2,1H3,(H,16,17). The first kappa shape index (κ1) is 17.7. The highest BCUT2D eigenvalue weighted by atomic mass is 32.2. The number of nitro groups is 1. The third kappa shape index (κ3) is 4.60. The van der Waals surface area contributed by atoms with E-state index >= 15 is 0 Å². The Morgan fingerprint density at radius 3 is 2.27 bits per heavy atom. The fourth-order valence-electron chi connectivity index (χ4n) is 1.55. The minimum absolute atomic E-state index is 0.0863. The van der Waals surface area contributed by atoms with Gasteiger partial charge in [-0.3, -0.25) is 19.7 Å². The van der Waals surface area contributed by atoms with Gasteiger partial charge in [-0.05, 0) is 12.1 Å². The molecule has 120 valence electrons. The fraction of sp³-hybridized carbons (Fsp3) is 0.333. The van der Waals surface area contributed by atoms with Gasteiger partial charge in [0.15, 0.2) is 0 Å². The largest absolute Gasteiger partial charge is 0.480 e. The van der Waals surface area contributed by atoms with Gasteiger partial charge in [0, 0.05) is 25.0 Å². The Labute approximate surface area is 126 Å². The highest BCUT2D eigenvalue weighted by molar-refractivity contribution is 7.89. The highest BCUT2D eigenvalue weighted by Crippen LogP contribution is 2.16. The van der Waals surface area contributed by atoms with Crippen molar-refractivity contribution < 1.29 is 28.0 Å². The van der Waals surface area contributed by atoms with Crippen LogP contribution in [0.3, 0.4) is 0 Å². The van der Waals surface area contributed by atoms with Gasteiger partial charge in [0.25, 0.3) is 5.69 Å². The second kappa shape index (κ2) is 7.09. The number of benzene rings is 1. The van der Waals surface area contributed by atoms with Crippen molar-refractivity contribution in [1.82, 2.24) is 4.72 Å². The van der Waals surface area contributed by atoms with E-state index in [0.717, 1.165) is 24.3 Å². The minimum Gasteiger partial charge on any atom is -0.480 e. The number of carboxylic acid groups (broad SMARTS) is 1. The van der Waals surface area contributed by atoms with Gasteiger partial charge in [-0.25, -0.2) is 8.42 Å². The maximum Gasteiger partial charge on any atom is 0.322 e. The van der Waals surface area contributed by atoms with Crippen molar-refractivity contribution >= 4 is 27.5 Å². The molecule has 0 aromatic heterocycles. The summed E-state index contributed by atoms with van der Waals surface area (Å²) >= 11 is 0. The summed E-state index contributed by atoms with van der Waals surface area (Å²) < 4.78 is 26.0. The van der Waals surface area contributed by atoms with Crippen LogP contribution in [0, 0.1) is 10.1 Å². The molecule has 0 aliphatic rings. The van der Waals surface area contributed by atoms with Crippen molar-refractivity contribution in [2.45, 2.75) is 30.7 Å². The number of rotatable bonds is 8. The van der Waals surface area contributed by atoms with E-state index in [1.54, 1.807) is 0 Å². The number of carbonyl (C=O) groups is 2. The van der Waals surface area contributed by atoms with Crippen LogP contribution in [0.25, 0.3) is 0 Å². The summed E-state index contributed by atoms with van der Waals surface area (Å²) in [5.74, 6) is -1.88. The lowest BCUT2D eigenvalue weighted by Gasteiger charge is -2.13. The summed E-state index contributed by atoms with van der Waals surface area (Å²) in [6, 6.07) is 2.36. The molecule has 10 heteroatoms. The Bertz CT molecular complexity index is 682. The molecule has 0 heterocycles. The number of Topliss-reactive ketones (excluding diaryl/α,β-unsaturated/α-hetero) is 1. The van der Waals surface area contributed by atoms with Gasteiger partial charge in [0.05, 0.1) is 9.82 Å². The van der Waals surface area contributed by atoms with Gasteiger partial charge in [-0.2, -0.15) is 4.72 Å². The number of nitrogens with one attached hydrogen (secondary N) is 1. The van der Waals surface area contributed by atoms with E-state index in [1.807, 2.05) is 4.72 Å². The van der Waals surface area contributed by atoms with Crippen molar-refractivity contribution in [2.24, 2.45) is 0 Å². The van der Waals surface area contributed by atoms with E-state index in [1.165, 1.54) is 6.92 Å². The predicted octanol–water partition coefficient (Wildman–Crippen LogP) is 0.696. The summed E-state index contributed by atoms with van der Waals surface area (Å²) in [7, 11) is -4.21. The van der Waals surface area contributed by atoms with Gasteiger partial charge < -0.3 is 5.11 Å². The molecule has 1 atom stereocenters. The predicted molar refractivity (Wildman–Crippen MR) is 74.8 cm³/mol. The molecule has 0 aliphatic carbocycles. The fourth-order valence-corrected chi connectivity index (χ4v) is 2.74. The Morgan fingerprint density at radius 2 is 1.86 bits per heavy atom. The van der Waals surface area contributed by atoms with Crippen molar-refractivity contribution in [3.05, 3.63) is 34.4 Å². The average Bonchev–Trinajstić information content (AvgIpc) is 2.46. The van der Waals surface area contributed by atoms with E-state index in [4.69, 9.17) is 5.11 Å². The third-order valence-corrected chi connectivity index (χ3v) is 4.27. The molecular formula is C12H14N2O7S. The molecule has 0 amide bonds. The number of carbonyl (C=O) groups excluding carboxylic acids is 1. The number of carboxylic acids is 1. The van der Waals surface area contributed by atoms with Gasteiger partial charge in [0.2, 0.25) is 10.0 Å². The first-order chi connectivity index (χ1) is 10.2. The van der Waals surface area contributed by atoms with Crippen LogP contribution in [0.2, 0.25) is 0 Å². The molecule has 22 heavy (non-hydrogen) atoms. The number of nitrogens with zero attached hydrogens (tertiary/aromatic N) is 1. The number of sulfonamides is 1. The summed E-state index contributed by atoms with van der Waals surface area (Å²) in [6.07, 6.45) is -0.388. The van der Waals surface area contributed by atoms with Gasteiger partial charge in [0.1, 0.15) is 11.8 Å². The molecule has 0 radical (unpaired) electrons. The number of aliphatic carboxylic acids is 1. The van der Waals surface area contributed by atoms with E-state index in [2.05, 4.69) is 0 Å².